The number of piperazine rings is 1. The molecule has 0 aromatic carbocycles. The highest BCUT2D eigenvalue weighted by Gasteiger charge is 2.40. The van der Waals surface area contributed by atoms with Crippen molar-refractivity contribution >= 4 is 27.4 Å². The van der Waals surface area contributed by atoms with Crippen LogP contribution in [-0.2, 0) is 10.0 Å². The molecule has 1 saturated heterocycles. The number of hydrogen-bond donors (Lipinski definition) is 1. The van der Waals surface area contributed by atoms with Crippen LogP contribution in [0.3, 0.4) is 0 Å². The summed E-state index contributed by atoms with van der Waals surface area (Å²) in [4.78, 5) is 2.11. The smallest absolute Gasteiger partial charge is 0.211 e. The lowest BCUT2D eigenvalue weighted by Crippen LogP contribution is -2.54. The van der Waals surface area contributed by atoms with E-state index < -0.39 is 10.0 Å². The average Bonchev–Trinajstić information content (AvgIpc) is 3.00. The minimum atomic E-state index is -3.06. The number of fused-ring (bicyclic) bond motifs is 2. The van der Waals surface area contributed by atoms with Crippen LogP contribution in [-0.4, -0.2) is 61.2 Å². The fourth-order valence-electron chi connectivity index (χ4n) is 3.89. The number of hydrogen-bond acceptors (Lipinski definition) is 3. The van der Waals surface area contributed by atoms with Crippen LogP contribution in [0.4, 0.5) is 0 Å². The largest absolute Gasteiger partial charge is 0.360 e. The Hall–Kier alpha value is -0.400. The molecule has 0 radical (unpaired) electrons. The third-order valence-corrected chi connectivity index (χ3v) is 6.72. The van der Waals surface area contributed by atoms with E-state index in [2.05, 4.69) is 10.2 Å². The van der Waals surface area contributed by atoms with Gasteiger partial charge < -0.3 is 10.2 Å². The fourth-order valence-corrected chi connectivity index (χ4v) is 5.05. The van der Waals surface area contributed by atoms with Crippen LogP contribution in [0, 0.1) is 11.8 Å². The first-order valence-corrected chi connectivity index (χ1v) is 9.69. The topological polar surface area (TPSA) is 52.7 Å². The van der Waals surface area contributed by atoms with E-state index in [0.29, 0.717) is 32.2 Å². The lowest BCUT2D eigenvalue weighted by molar-refractivity contribution is 0.259. The maximum atomic E-state index is 11.5. The number of nitrogens with one attached hydrogen (secondary N) is 1. The maximum absolute atomic E-state index is 11.5. The van der Waals surface area contributed by atoms with Crippen LogP contribution in [0.1, 0.15) is 25.7 Å². The summed E-state index contributed by atoms with van der Waals surface area (Å²) in [6.45, 7) is 2.47. The van der Waals surface area contributed by atoms with E-state index in [1.54, 1.807) is 0 Å². The van der Waals surface area contributed by atoms with E-state index in [1.165, 1.54) is 36.2 Å². The van der Waals surface area contributed by atoms with E-state index in [9.17, 15) is 8.42 Å². The monoisotopic (exact) mass is 317 g/mol. The van der Waals surface area contributed by atoms with Gasteiger partial charge >= 0.3 is 0 Å². The third kappa shape index (κ3) is 2.94. The van der Waals surface area contributed by atoms with Gasteiger partial charge in [0.1, 0.15) is 0 Å². The van der Waals surface area contributed by atoms with Gasteiger partial charge in [-0.3, -0.25) is 0 Å². The molecule has 20 heavy (non-hydrogen) atoms. The van der Waals surface area contributed by atoms with Crippen molar-refractivity contribution in [3.05, 3.63) is 0 Å². The van der Waals surface area contributed by atoms with Crippen molar-refractivity contribution < 1.29 is 8.42 Å². The highest BCUT2D eigenvalue weighted by molar-refractivity contribution is 7.88. The number of rotatable bonds is 2. The van der Waals surface area contributed by atoms with Gasteiger partial charge in [-0.15, -0.1) is 0 Å². The molecule has 0 unspecified atom stereocenters. The summed E-state index contributed by atoms with van der Waals surface area (Å²) < 4.78 is 24.5. The summed E-state index contributed by atoms with van der Waals surface area (Å²) in [5.74, 6) is 1.71. The second kappa shape index (κ2) is 5.42. The molecule has 1 N–H and O–H groups in total. The molecule has 0 spiro atoms. The summed E-state index contributed by atoms with van der Waals surface area (Å²) >= 11 is 5.51. The summed E-state index contributed by atoms with van der Waals surface area (Å²) in [6, 6.07) is 0.550. The summed E-state index contributed by atoms with van der Waals surface area (Å²) in [5, 5.41) is 4.34. The molecule has 3 aliphatic rings. The second-order valence-electron chi connectivity index (χ2n) is 6.38. The van der Waals surface area contributed by atoms with Gasteiger partial charge in [0.15, 0.2) is 5.11 Å². The Morgan fingerprint density at radius 2 is 1.85 bits per heavy atom. The third-order valence-electron chi connectivity index (χ3n) is 5.04. The van der Waals surface area contributed by atoms with Crippen LogP contribution < -0.4 is 5.32 Å². The Balaban J connectivity index is 1.50. The highest BCUT2D eigenvalue weighted by atomic mass is 32.2. The Morgan fingerprint density at radius 1 is 1.15 bits per heavy atom. The minimum Gasteiger partial charge on any atom is -0.360 e. The Kier molecular flexibility index (Phi) is 3.94. The lowest BCUT2D eigenvalue weighted by Gasteiger charge is -2.36. The average molecular weight is 317 g/mol. The molecule has 2 saturated carbocycles. The molecule has 3 rings (SSSR count). The number of nitrogens with zero attached hydrogens (tertiary/aromatic N) is 2. The maximum Gasteiger partial charge on any atom is 0.211 e. The van der Waals surface area contributed by atoms with Crippen molar-refractivity contribution in [2.24, 2.45) is 11.8 Å². The minimum absolute atomic E-state index is 0.539. The van der Waals surface area contributed by atoms with Crippen molar-refractivity contribution in [3.63, 3.8) is 0 Å². The van der Waals surface area contributed by atoms with Crippen LogP contribution >= 0.6 is 12.2 Å². The van der Waals surface area contributed by atoms with Crippen molar-refractivity contribution in [1.29, 1.82) is 0 Å². The van der Waals surface area contributed by atoms with Crippen molar-refractivity contribution in [1.82, 2.24) is 14.5 Å². The van der Waals surface area contributed by atoms with Gasteiger partial charge in [-0.25, -0.2) is 8.42 Å². The second-order valence-corrected chi connectivity index (χ2v) is 8.75. The van der Waals surface area contributed by atoms with Crippen molar-refractivity contribution in [3.8, 4) is 0 Å². The van der Waals surface area contributed by atoms with Gasteiger partial charge in [0.05, 0.1) is 6.26 Å². The van der Waals surface area contributed by atoms with Gasteiger partial charge in [0.25, 0.3) is 0 Å². The van der Waals surface area contributed by atoms with E-state index in [1.807, 2.05) is 0 Å². The molecule has 7 heteroatoms. The molecule has 1 aliphatic heterocycles. The zero-order valence-corrected chi connectivity index (χ0v) is 13.5. The Labute approximate surface area is 126 Å². The van der Waals surface area contributed by atoms with Crippen LogP contribution in [0.25, 0.3) is 0 Å². The molecule has 2 aliphatic carbocycles. The first-order valence-electron chi connectivity index (χ1n) is 7.44. The Bertz CT molecular complexity index is 486. The standard InChI is InChI=1S/C13H23N3O2S2/c1-20(17,18)16-6-4-15(5-7-16)13(19)14-12-9-10-2-3-11(12)8-10/h10-12H,2-9H2,1H3,(H,14,19)/t10-,11+,12+/m0/s1. The SMILES string of the molecule is CS(=O)(=O)N1CCN(C(=S)N[C@@H]2C[C@H]3CC[C@@H]2C3)CC1. The molecule has 2 bridgehead atoms. The zero-order chi connectivity index (χ0) is 14.3. The van der Waals surface area contributed by atoms with Gasteiger partial charge in [0.2, 0.25) is 10.0 Å². The molecule has 1 heterocycles. The predicted octanol–water partition coefficient (Wildman–Crippen LogP) is 0.627. The fraction of sp³-hybridized carbons (Fsp3) is 0.923. The predicted molar refractivity (Wildman–Crippen MR) is 83.0 cm³/mol. The molecule has 0 amide bonds. The number of thiocarbonyl (C=S) groups is 1. The molecule has 0 aromatic heterocycles. The van der Waals surface area contributed by atoms with Gasteiger partial charge in [-0.2, -0.15) is 4.31 Å². The van der Waals surface area contributed by atoms with Crippen LogP contribution in [0.2, 0.25) is 0 Å². The van der Waals surface area contributed by atoms with Crippen LogP contribution in [0.15, 0.2) is 0 Å². The van der Waals surface area contributed by atoms with Gasteiger partial charge in [0, 0.05) is 32.2 Å². The molecule has 3 fully saturated rings. The number of sulfonamides is 1. The summed E-state index contributed by atoms with van der Waals surface area (Å²) in [6.07, 6.45) is 6.63. The van der Waals surface area contributed by atoms with Crippen molar-refractivity contribution in [2.75, 3.05) is 32.4 Å². The lowest BCUT2D eigenvalue weighted by atomic mass is 9.95. The quantitative estimate of drug-likeness (QED) is 0.757. The molecular weight excluding hydrogens is 294 g/mol. The van der Waals surface area contributed by atoms with E-state index in [0.717, 1.165) is 16.9 Å². The summed E-state index contributed by atoms with van der Waals surface area (Å²) in [5.41, 5.74) is 0. The molecular formula is C13H23N3O2S2. The Morgan fingerprint density at radius 3 is 2.35 bits per heavy atom. The first-order chi connectivity index (χ1) is 9.43. The zero-order valence-electron chi connectivity index (χ0n) is 11.9. The molecule has 3 atom stereocenters. The summed E-state index contributed by atoms with van der Waals surface area (Å²) in [7, 11) is -3.06. The molecule has 5 nitrogen and oxygen atoms in total. The van der Waals surface area contributed by atoms with Crippen LogP contribution in [0.5, 0.6) is 0 Å². The normalized spacial score (nSPS) is 34.5. The highest BCUT2D eigenvalue weighted by Crippen LogP contribution is 2.44. The first kappa shape index (κ1) is 14.5. The van der Waals surface area contributed by atoms with Gasteiger partial charge in [-0.05, 0) is 43.3 Å². The van der Waals surface area contributed by atoms with Crippen molar-refractivity contribution in [2.45, 2.75) is 31.7 Å². The van der Waals surface area contributed by atoms with E-state index in [-0.39, 0.29) is 0 Å². The van der Waals surface area contributed by atoms with E-state index >= 15 is 0 Å². The molecule has 0 aromatic rings. The van der Waals surface area contributed by atoms with E-state index in [4.69, 9.17) is 12.2 Å². The van der Waals surface area contributed by atoms with Gasteiger partial charge in [-0.1, -0.05) is 6.42 Å². The molecule has 114 valence electrons.